The largest absolute Gasteiger partial charge is 0.328 e. The average Bonchev–Trinajstić information content (AvgIpc) is 3.46. The zero-order valence-electron chi connectivity index (χ0n) is 19.4. The lowest BCUT2D eigenvalue weighted by molar-refractivity contribution is 0.503. The summed E-state index contributed by atoms with van der Waals surface area (Å²) in [6, 6.07) is 16.3. The predicted octanol–water partition coefficient (Wildman–Crippen LogP) is 5.01. The normalized spacial score (nSPS) is 11.6. The van der Waals surface area contributed by atoms with E-state index < -0.39 is 0 Å². The minimum absolute atomic E-state index is 0.0398. The fourth-order valence-corrected chi connectivity index (χ4v) is 3.82. The predicted molar refractivity (Wildman–Crippen MR) is 132 cm³/mol. The molecule has 4 aromatic rings. The Kier molecular flexibility index (Phi) is 6.98. The second-order valence-corrected chi connectivity index (χ2v) is 8.59. The quantitative estimate of drug-likeness (QED) is 0.395. The number of H-pyrrole nitrogens is 1. The molecule has 2 heterocycles. The summed E-state index contributed by atoms with van der Waals surface area (Å²) in [6.45, 7) is 7.72. The number of tetrazole rings is 1. The van der Waals surface area contributed by atoms with Gasteiger partial charge in [0.2, 0.25) is 5.82 Å². The number of aryl methyl sites for hydroxylation is 1. The van der Waals surface area contributed by atoms with Crippen LogP contribution in [0, 0.1) is 5.92 Å². The molecule has 0 saturated heterocycles. The Bertz CT molecular complexity index is 1260. The van der Waals surface area contributed by atoms with Gasteiger partial charge in [-0.15, -0.1) is 10.2 Å². The maximum atomic E-state index is 13.1. The van der Waals surface area contributed by atoms with Crippen LogP contribution in [0.1, 0.15) is 44.9 Å². The molecule has 33 heavy (non-hydrogen) atoms. The Morgan fingerprint density at radius 3 is 2.48 bits per heavy atom. The van der Waals surface area contributed by atoms with Gasteiger partial charge >= 0.3 is 5.69 Å². The van der Waals surface area contributed by atoms with Crippen LogP contribution in [0.15, 0.2) is 65.6 Å². The Hall–Kier alpha value is -3.74. The number of benzene rings is 2. The van der Waals surface area contributed by atoms with Gasteiger partial charge in [0, 0.05) is 18.3 Å². The fraction of sp³-hybridized carbons (Fsp3) is 0.308. The summed E-state index contributed by atoms with van der Waals surface area (Å²) in [5.74, 6) is 1.12. The van der Waals surface area contributed by atoms with Gasteiger partial charge in [0.15, 0.2) is 0 Å². The molecule has 4 rings (SSSR count). The van der Waals surface area contributed by atoms with Gasteiger partial charge in [0.25, 0.3) is 0 Å². The summed E-state index contributed by atoms with van der Waals surface area (Å²) in [5, 5.41) is 14.4. The molecule has 0 radical (unpaired) electrons. The Morgan fingerprint density at radius 2 is 1.82 bits per heavy atom. The van der Waals surface area contributed by atoms with E-state index in [1.807, 2.05) is 45.7 Å². The van der Waals surface area contributed by atoms with Gasteiger partial charge in [-0.1, -0.05) is 75.4 Å². The SMILES string of the molecule is CC/C=C/c1cn(CCC(C)C)c(=O)n1Cc1ccc(-c2ccccc2-c2nn[nH]n2)cc1. The topological polar surface area (TPSA) is 81.4 Å². The Labute approximate surface area is 193 Å². The van der Waals surface area contributed by atoms with Crippen molar-refractivity contribution in [3.05, 3.63) is 82.5 Å². The molecular weight excluding hydrogens is 412 g/mol. The number of hydrogen-bond donors (Lipinski definition) is 1. The number of imidazole rings is 1. The monoisotopic (exact) mass is 442 g/mol. The molecule has 0 bridgehead atoms. The molecule has 7 heteroatoms. The van der Waals surface area contributed by atoms with Crippen LogP contribution in [0.3, 0.4) is 0 Å². The molecule has 0 aliphatic rings. The van der Waals surface area contributed by atoms with Gasteiger partial charge in [0.1, 0.15) is 0 Å². The van der Waals surface area contributed by atoms with Crippen LogP contribution in [0.2, 0.25) is 0 Å². The molecule has 7 nitrogen and oxygen atoms in total. The summed E-state index contributed by atoms with van der Waals surface area (Å²) in [4.78, 5) is 13.1. The van der Waals surface area contributed by atoms with Crippen LogP contribution in [0.4, 0.5) is 0 Å². The minimum Gasteiger partial charge on any atom is -0.299 e. The lowest BCUT2D eigenvalue weighted by atomic mass is 9.98. The van der Waals surface area contributed by atoms with Crippen molar-refractivity contribution >= 4 is 6.08 Å². The lowest BCUT2D eigenvalue weighted by Crippen LogP contribution is -2.25. The summed E-state index contributed by atoms with van der Waals surface area (Å²) >= 11 is 0. The standard InChI is InChI=1S/C26H30N6O/c1-4-5-8-22-18-31(16-15-19(2)3)26(33)32(22)17-20-11-13-21(14-12-20)23-9-6-7-10-24(23)25-27-29-30-28-25/h5-14,18-19H,4,15-17H2,1-3H3,(H,27,28,29,30)/b8-5+. The lowest BCUT2D eigenvalue weighted by Gasteiger charge is -2.09. The average molecular weight is 443 g/mol. The van der Waals surface area contributed by atoms with E-state index >= 15 is 0 Å². The summed E-state index contributed by atoms with van der Waals surface area (Å²) in [6.07, 6.45) is 8.03. The Balaban J connectivity index is 1.61. The zero-order valence-corrected chi connectivity index (χ0v) is 19.4. The number of nitrogens with one attached hydrogen (secondary N) is 1. The maximum absolute atomic E-state index is 13.1. The van der Waals surface area contributed by atoms with E-state index in [-0.39, 0.29) is 5.69 Å². The van der Waals surface area contributed by atoms with Crippen LogP contribution in [0.25, 0.3) is 28.6 Å². The molecule has 0 amide bonds. The van der Waals surface area contributed by atoms with Crippen LogP contribution < -0.4 is 5.69 Å². The van der Waals surface area contributed by atoms with E-state index in [0.29, 0.717) is 18.3 Å². The molecule has 1 N–H and O–H groups in total. The number of nitrogens with zero attached hydrogens (tertiary/aromatic N) is 5. The van der Waals surface area contributed by atoms with Crippen LogP contribution in [-0.2, 0) is 13.1 Å². The van der Waals surface area contributed by atoms with Gasteiger partial charge in [-0.25, -0.2) is 4.79 Å². The van der Waals surface area contributed by atoms with Gasteiger partial charge in [-0.2, -0.15) is 5.21 Å². The highest BCUT2D eigenvalue weighted by Crippen LogP contribution is 2.29. The van der Waals surface area contributed by atoms with E-state index in [0.717, 1.165) is 47.3 Å². The highest BCUT2D eigenvalue weighted by Gasteiger charge is 2.13. The van der Waals surface area contributed by atoms with Crippen molar-refractivity contribution in [3.63, 3.8) is 0 Å². The summed E-state index contributed by atoms with van der Waals surface area (Å²) in [5.41, 5.74) is 5.08. The third kappa shape index (κ3) is 5.19. The molecule has 0 spiro atoms. The number of aromatic nitrogens is 6. The molecule has 0 aliphatic carbocycles. The van der Waals surface area contributed by atoms with E-state index in [2.05, 4.69) is 71.7 Å². The van der Waals surface area contributed by atoms with Gasteiger partial charge < -0.3 is 0 Å². The highest BCUT2D eigenvalue weighted by molar-refractivity contribution is 5.80. The third-order valence-electron chi connectivity index (χ3n) is 5.67. The van der Waals surface area contributed by atoms with E-state index in [4.69, 9.17) is 0 Å². The first-order chi connectivity index (χ1) is 16.1. The van der Waals surface area contributed by atoms with E-state index in [9.17, 15) is 4.79 Å². The molecule has 0 atom stereocenters. The molecule has 2 aromatic heterocycles. The molecule has 0 fully saturated rings. The maximum Gasteiger partial charge on any atom is 0.328 e. The number of aromatic amines is 1. The number of allylic oxidation sites excluding steroid dienone is 1. The van der Waals surface area contributed by atoms with Crippen molar-refractivity contribution in [2.24, 2.45) is 5.92 Å². The molecule has 2 aromatic carbocycles. The van der Waals surface area contributed by atoms with Crippen molar-refractivity contribution in [2.45, 2.75) is 46.7 Å². The van der Waals surface area contributed by atoms with E-state index in [1.165, 1.54) is 0 Å². The molecular formula is C26H30N6O. The molecule has 0 aliphatic heterocycles. The van der Waals surface area contributed by atoms with Crippen molar-refractivity contribution in [2.75, 3.05) is 0 Å². The van der Waals surface area contributed by atoms with Crippen molar-refractivity contribution in [3.8, 4) is 22.5 Å². The van der Waals surface area contributed by atoms with E-state index in [1.54, 1.807) is 0 Å². The fourth-order valence-electron chi connectivity index (χ4n) is 3.82. The minimum atomic E-state index is 0.0398. The van der Waals surface area contributed by atoms with Gasteiger partial charge in [0.05, 0.1) is 12.2 Å². The smallest absolute Gasteiger partial charge is 0.299 e. The highest BCUT2D eigenvalue weighted by atomic mass is 16.1. The zero-order chi connectivity index (χ0) is 23.2. The molecule has 0 unspecified atom stereocenters. The third-order valence-corrected chi connectivity index (χ3v) is 5.67. The van der Waals surface area contributed by atoms with Gasteiger partial charge in [-0.3, -0.25) is 9.13 Å². The first kappa shape index (κ1) is 22.5. The van der Waals surface area contributed by atoms with Crippen molar-refractivity contribution in [1.29, 1.82) is 0 Å². The number of rotatable bonds is 9. The summed E-state index contributed by atoms with van der Waals surface area (Å²) < 4.78 is 3.69. The first-order valence-electron chi connectivity index (χ1n) is 11.5. The first-order valence-corrected chi connectivity index (χ1v) is 11.5. The number of hydrogen-bond acceptors (Lipinski definition) is 4. The van der Waals surface area contributed by atoms with Crippen LogP contribution in [0.5, 0.6) is 0 Å². The Morgan fingerprint density at radius 1 is 1.06 bits per heavy atom. The second-order valence-electron chi connectivity index (χ2n) is 8.59. The van der Waals surface area contributed by atoms with Crippen LogP contribution >= 0.6 is 0 Å². The molecule has 0 saturated carbocycles. The molecule has 170 valence electrons. The van der Waals surface area contributed by atoms with Crippen molar-refractivity contribution < 1.29 is 0 Å². The van der Waals surface area contributed by atoms with Crippen LogP contribution in [-0.4, -0.2) is 29.8 Å². The van der Waals surface area contributed by atoms with Crippen molar-refractivity contribution in [1.82, 2.24) is 29.8 Å². The second kappa shape index (κ2) is 10.3. The summed E-state index contributed by atoms with van der Waals surface area (Å²) in [7, 11) is 0. The van der Waals surface area contributed by atoms with Gasteiger partial charge in [-0.05, 0) is 46.7 Å².